The number of methoxy groups -OCH3 is 1. The van der Waals surface area contributed by atoms with Crippen LogP contribution < -0.4 is 16.2 Å². The number of aliphatic carboxylic acids is 1. The van der Waals surface area contributed by atoms with E-state index in [1.165, 1.54) is 0 Å². The first-order chi connectivity index (χ1) is 7.54. The summed E-state index contributed by atoms with van der Waals surface area (Å²) in [5.41, 5.74) is 12.1. The second kappa shape index (κ2) is 5.48. The summed E-state index contributed by atoms with van der Waals surface area (Å²) in [5, 5.41) is 8.66. The van der Waals surface area contributed by atoms with E-state index in [0.29, 0.717) is 0 Å². The van der Waals surface area contributed by atoms with E-state index < -0.39 is 12.0 Å². The lowest BCUT2D eigenvalue weighted by molar-refractivity contribution is -0.138. The molecule has 0 aromatic heterocycles. The van der Waals surface area contributed by atoms with Crippen LogP contribution in [0.15, 0.2) is 24.3 Å². The summed E-state index contributed by atoms with van der Waals surface area (Å²) in [6, 6.07) is 5.85. The van der Waals surface area contributed by atoms with Crippen molar-refractivity contribution in [2.24, 2.45) is 11.5 Å². The third-order valence-electron chi connectivity index (χ3n) is 2.37. The van der Waals surface area contributed by atoms with E-state index >= 15 is 0 Å². The van der Waals surface area contributed by atoms with Crippen molar-refractivity contribution in [2.75, 3.05) is 7.11 Å². The third-order valence-corrected chi connectivity index (χ3v) is 2.37. The molecule has 0 saturated carbocycles. The van der Waals surface area contributed by atoms with Gasteiger partial charge in [0.25, 0.3) is 0 Å². The lowest BCUT2D eigenvalue weighted by Gasteiger charge is -2.14. The molecule has 0 heterocycles. The fraction of sp³-hybridized carbons (Fsp3) is 0.364. The normalized spacial score (nSPS) is 14.2. The monoisotopic (exact) mass is 224 g/mol. The minimum absolute atomic E-state index is 0.210. The average Bonchev–Trinajstić information content (AvgIpc) is 2.28. The van der Waals surface area contributed by atoms with Gasteiger partial charge < -0.3 is 21.3 Å². The zero-order chi connectivity index (χ0) is 12.1. The molecule has 5 N–H and O–H groups in total. The molecule has 16 heavy (non-hydrogen) atoms. The molecular weight excluding hydrogens is 208 g/mol. The van der Waals surface area contributed by atoms with Crippen molar-refractivity contribution in [3.63, 3.8) is 0 Å². The highest BCUT2D eigenvalue weighted by molar-refractivity contribution is 5.73. The van der Waals surface area contributed by atoms with Gasteiger partial charge in [0.15, 0.2) is 0 Å². The molecule has 0 fully saturated rings. The maximum Gasteiger partial charge on any atom is 0.320 e. The van der Waals surface area contributed by atoms with Crippen LogP contribution in [0, 0.1) is 0 Å². The summed E-state index contributed by atoms with van der Waals surface area (Å²) in [5.74, 6) is -0.303. The van der Waals surface area contributed by atoms with Crippen LogP contribution in [-0.4, -0.2) is 24.2 Å². The topological polar surface area (TPSA) is 98.6 Å². The molecule has 0 bridgehead atoms. The first-order valence-corrected chi connectivity index (χ1v) is 4.92. The Labute approximate surface area is 94.0 Å². The van der Waals surface area contributed by atoms with Crippen molar-refractivity contribution in [3.05, 3.63) is 29.8 Å². The van der Waals surface area contributed by atoms with Gasteiger partial charge in [0, 0.05) is 6.04 Å². The van der Waals surface area contributed by atoms with Gasteiger partial charge in [-0.15, -0.1) is 0 Å². The SMILES string of the molecule is COc1ccc([C@H](N)C[C@H](N)C(=O)O)cc1. The highest BCUT2D eigenvalue weighted by Crippen LogP contribution is 2.18. The molecular formula is C11H16N2O3. The number of hydrogen-bond acceptors (Lipinski definition) is 4. The standard InChI is InChI=1S/C11H16N2O3/c1-16-8-4-2-7(3-5-8)9(12)6-10(13)11(14)15/h2-5,9-10H,6,12-13H2,1H3,(H,14,15)/t9-,10+/m1/s1. The molecule has 2 atom stereocenters. The first kappa shape index (κ1) is 12.5. The second-order valence-electron chi connectivity index (χ2n) is 3.56. The van der Waals surface area contributed by atoms with E-state index in [4.69, 9.17) is 21.3 Å². The van der Waals surface area contributed by atoms with Crippen LogP contribution in [0.1, 0.15) is 18.0 Å². The highest BCUT2D eigenvalue weighted by atomic mass is 16.5. The summed E-state index contributed by atoms with van der Waals surface area (Å²) >= 11 is 0. The molecule has 0 spiro atoms. The molecule has 0 radical (unpaired) electrons. The predicted octanol–water partition coefficient (Wildman–Crippen LogP) is 0.497. The third kappa shape index (κ3) is 3.22. The summed E-state index contributed by atoms with van der Waals surface area (Å²) in [7, 11) is 1.58. The van der Waals surface area contributed by atoms with Crippen LogP contribution >= 0.6 is 0 Å². The zero-order valence-corrected chi connectivity index (χ0v) is 9.09. The quantitative estimate of drug-likeness (QED) is 0.676. The molecule has 0 aliphatic heterocycles. The number of nitrogens with two attached hydrogens (primary N) is 2. The van der Waals surface area contributed by atoms with Crippen LogP contribution in [0.4, 0.5) is 0 Å². The average molecular weight is 224 g/mol. The smallest absolute Gasteiger partial charge is 0.320 e. The lowest BCUT2D eigenvalue weighted by atomic mass is 10.0. The predicted molar refractivity (Wildman–Crippen MR) is 60.2 cm³/mol. The van der Waals surface area contributed by atoms with Gasteiger partial charge in [-0.3, -0.25) is 4.79 Å². The van der Waals surface area contributed by atoms with Gasteiger partial charge in [0.2, 0.25) is 0 Å². The number of carbonyl (C=O) groups is 1. The zero-order valence-electron chi connectivity index (χ0n) is 9.09. The fourth-order valence-corrected chi connectivity index (χ4v) is 1.36. The largest absolute Gasteiger partial charge is 0.497 e. The van der Waals surface area contributed by atoms with Gasteiger partial charge in [-0.1, -0.05) is 12.1 Å². The van der Waals surface area contributed by atoms with Gasteiger partial charge in [0.1, 0.15) is 11.8 Å². The number of ether oxygens (including phenoxy) is 1. The van der Waals surface area contributed by atoms with E-state index in [9.17, 15) is 4.79 Å². The molecule has 5 heteroatoms. The first-order valence-electron chi connectivity index (χ1n) is 4.92. The van der Waals surface area contributed by atoms with Crippen LogP contribution in [0.3, 0.4) is 0 Å². The van der Waals surface area contributed by atoms with E-state index in [-0.39, 0.29) is 12.5 Å². The fourth-order valence-electron chi connectivity index (χ4n) is 1.36. The Bertz CT molecular complexity index is 351. The number of rotatable bonds is 5. The van der Waals surface area contributed by atoms with Crippen molar-refractivity contribution in [1.82, 2.24) is 0 Å². The van der Waals surface area contributed by atoms with E-state index in [1.54, 1.807) is 31.4 Å². The van der Waals surface area contributed by atoms with Gasteiger partial charge in [-0.25, -0.2) is 0 Å². The molecule has 0 unspecified atom stereocenters. The molecule has 0 aliphatic rings. The Morgan fingerprint density at radius 2 is 1.94 bits per heavy atom. The van der Waals surface area contributed by atoms with Crippen LogP contribution in [-0.2, 0) is 4.79 Å². The Balaban J connectivity index is 2.65. The van der Waals surface area contributed by atoms with Crippen molar-refractivity contribution < 1.29 is 14.6 Å². The lowest BCUT2D eigenvalue weighted by Crippen LogP contribution is -2.33. The molecule has 1 rings (SSSR count). The van der Waals surface area contributed by atoms with Crippen molar-refractivity contribution in [3.8, 4) is 5.75 Å². The molecule has 1 aromatic rings. The Kier molecular flexibility index (Phi) is 4.28. The molecule has 5 nitrogen and oxygen atoms in total. The second-order valence-corrected chi connectivity index (χ2v) is 3.56. The molecule has 0 aliphatic carbocycles. The summed E-state index contributed by atoms with van der Waals surface area (Å²) < 4.78 is 5.01. The number of carboxylic acids is 1. The molecule has 1 aromatic carbocycles. The van der Waals surface area contributed by atoms with Gasteiger partial charge in [0.05, 0.1) is 7.11 Å². The van der Waals surface area contributed by atoms with Crippen molar-refractivity contribution >= 4 is 5.97 Å². The maximum atomic E-state index is 10.6. The summed E-state index contributed by atoms with van der Waals surface area (Å²) in [6.45, 7) is 0. The van der Waals surface area contributed by atoms with Crippen molar-refractivity contribution in [1.29, 1.82) is 0 Å². The Hall–Kier alpha value is -1.59. The van der Waals surface area contributed by atoms with E-state index in [1.807, 2.05) is 0 Å². The molecule has 88 valence electrons. The van der Waals surface area contributed by atoms with Gasteiger partial charge in [-0.05, 0) is 24.1 Å². The highest BCUT2D eigenvalue weighted by Gasteiger charge is 2.16. The summed E-state index contributed by atoms with van der Waals surface area (Å²) in [6.07, 6.45) is 0.210. The Morgan fingerprint density at radius 1 is 1.38 bits per heavy atom. The Morgan fingerprint density at radius 3 is 2.38 bits per heavy atom. The minimum atomic E-state index is -1.04. The summed E-state index contributed by atoms with van der Waals surface area (Å²) in [4.78, 5) is 10.6. The molecule has 0 saturated heterocycles. The van der Waals surface area contributed by atoms with Crippen LogP contribution in [0.5, 0.6) is 5.75 Å². The van der Waals surface area contributed by atoms with E-state index in [2.05, 4.69) is 0 Å². The van der Waals surface area contributed by atoms with Crippen LogP contribution in [0.25, 0.3) is 0 Å². The number of benzene rings is 1. The maximum absolute atomic E-state index is 10.6. The number of carboxylic acid groups (broad SMARTS) is 1. The van der Waals surface area contributed by atoms with Gasteiger partial charge in [-0.2, -0.15) is 0 Å². The number of hydrogen-bond donors (Lipinski definition) is 3. The van der Waals surface area contributed by atoms with Gasteiger partial charge >= 0.3 is 5.97 Å². The van der Waals surface area contributed by atoms with Crippen molar-refractivity contribution in [2.45, 2.75) is 18.5 Å². The molecule has 0 amide bonds. The van der Waals surface area contributed by atoms with Crippen LogP contribution in [0.2, 0.25) is 0 Å². The minimum Gasteiger partial charge on any atom is -0.497 e. The van der Waals surface area contributed by atoms with E-state index in [0.717, 1.165) is 11.3 Å².